The minimum Gasteiger partial charge on any atom is -0.396 e. The Labute approximate surface area is 122 Å². The van der Waals surface area contributed by atoms with E-state index in [-0.39, 0.29) is 6.61 Å². The first-order valence-electron chi connectivity index (χ1n) is 7.74. The highest BCUT2D eigenvalue weighted by Crippen LogP contribution is 2.16. The number of aliphatic hydroxyl groups is 1. The first-order valence-corrected chi connectivity index (χ1v) is 7.74. The van der Waals surface area contributed by atoms with E-state index in [9.17, 15) is 5.11 Å². The number of H-pyrrole nitrogens is 1. The molecule has 20 heavy (non-hydrogen) atoms. The van der Waals surface area contributed by atoms with Crippen molar-refractivity contribution in [1.82, 2.24) is 20.0 Å². The minimum atomic E-state index is 0.279. The second-order valence-corrected chi connectivity index (χ2v) is 6.20. The predicted octanol–water partition coefficient (Wildman–Crippen LogP) is 1.32. The van der Waals surface area contributed by atoms with Crippen LogP contribution in [0.3, 0.4) is 0 Å². The van der Waals surface area contributed by atoms with E-state index >= 15 is 0 Å². The SMILES string of the molecule is CC(C)CCN1CCN(Cc2ccn[nH]2)C[C@@H]1CCO. The normalized spacial score (nSPS) is 21.7. The molecule has 0 aromatic carbocycles. The van der Waals surface area contributed by atoms with E-state index in [1.165, 1.54) is 12.1 Å². The maximum atomic E-state index is 9.30. The van der Waals surface area contributed by atoms with Gasteiger partial charge in [-0.1, -0.05) is 13.8 Å². The lowest BCUT2D eigenvalue weighted by Crippen LogP contribution is -2.53. The van der Waals surface area contributed by atoms with Crippen LogP contribution in [0.5, 0.6) is 0 Å². The number of aromatic amines is 1. The standard InChI is InChI=1S/C15H28N4O/c1-13(2)4-7-19-9-8-18(12-15(19)5-10-20)11-14-3-6-16-17-14/h3,6,13,15,20H,4-5,7-12H2,1-2H3,(H,16,17)/t15-/m0/s1. The molecule has 0 radical (unpaired) electrons. The second kappa shape index (κ2) is 7.76. The third-order valence-corrected chi connectivity index (χ3v) is 4.10. The number of nitrogens with one attached hydrogen (secondary N) is 1. The van der Waals surface area contributed by atoms with E-state index in [2.05, 4.69) is 33.8 Å². The quantitative estimate of drug-likeness (QED) is 0.791. The minimum absolute atomic E-state index is 0.279. The zero-order valence-electron chi connectivity index (χ0n) is 12.8. The largest absolute Gasteiger partial charge is 0.396 e. The number of aliphatic hydroxyl groups excluding tert-OH is 1. The summed E-state index contributed by atoms with van der Waals surface area (Å²) in [7, 11) is 0. The van der Waals surface area contributed by atoms with Crippen molar-refractivity contribution in [3.63, 3.8) is 0 Å². The topological polar surface area (TPSA) is 55.4 Å². The average Bonchev–Trinajstić information content (AvgIpc) is 2.91. The summed E-state index contributed by atoms with van der Waals surface area (Å²) in [6.45, 7) is 10.1. The summed E-state index contributed by atoms with van der Waals surface area (Å²) in [6, 6.07) is 2.52. The summed E-state index contributed by atoms with van der Waals surface area (Å²) < 4.78 is 0. The summed E-state index contributed by atoms with van der Waals surface area (Å²) in [4.78, 5) is 5.01. The van der Waals surface area contributed by atoms with Crippen molar-refractivity contribution < 1.29 is 5.11 Å². The summed E-state index contributed by atoms with van der Waals surface area (Å²) >= 11 is 0. The Morgan fingerprint density at radius 1 is 1.45 bits per heavy atom. The van der Waals surface area contributed by atoms with Crippen molar-refractivity contribution in [2.45, 2.75) is 39.3 Å². The van der Waals surface area contributed by atoms with Crippen LogP contribution in [-0.2, 0) is 6.54 Å². The van der Waals surface area contributed by atoms with E-state index in [1.54, 1.807) is 6.20 Å². The van der Waals surface area contributed by atoms with Gasteiger partial charge in [0.15, 0.2) is 0 Å². The fourth-order valence-electron chi connectivity index (χ4n) is 2.86. The molecule has 1 aliphatic heterocycles. The fourth-order valence-corrected chi connectivity index (χ4v) is 2.86. The van der Waals surface area contributed by atoms with E-state index in [0.29, 0.717) is 6.04 Å². The third-order valence-electron chi connectivity index (χ3n) is 4.10. The molecule has 2 N–H and O–H groups in total. The lowest BCUT2D eigenvalue weighted by atomic mass is 10.1. The number of aromatic nitrogens is 2. The smallest absolute Gasteiger partial charge is 0.0492 e. The van der Waals surface area contributed by atoms with Crippen LogP contribution in [0.25, 0.3) is 0 Å². The van der Waals surface area contributed by atoms with Gasteiger partial charge in [0.2, 0.25) is 0 Å². The molecule has 1 saturated heterocycles. The third kappa shape index (κ3) is 4.58. The summed E-state index contributed by atoms with van der Waals surface area (Å²) in [5.41, 5.74) is 1.17. The van der Waals surface area contributed by atoms with Crippen LogP contribution >= 0.6 is 0 Å². The molecular formula is C15H28N4O. The molecule has 0 amide bonds. The molecule has 0 saturated carbocycles. The van der Waals surface area contributed by atoms with E-state index < -0.39 is 0 Å². The molecule has 5 nitrogen and oxygen atoms in total. The zero-order chi connectivity index (χ0) is 14.4. The molecule has 0 unspecified atom stereocenters. The van der Waals surface area contributed by atoms with Crippen molar-refractivity contribution in [1.29, 1.82) is 0 Å². The molecular weight excluding hydrogens is 252 g/mol. The molecule has 0 bridgehead atoms. The van der Waals surface area contributed by atoms with Crippen LogP contribution in [0.1, 0.15) is 32.4 Å². The summed E-state index contributed by atoms with van der Waals surface area (Å²) in [5, 5.41) is 16.3. The van der Waals surface area contributed by atoms with Crippen molar-refractivity contribution in [2.24, 2.45) is 5.92 Å². The molecule has 5 heteroatoms. The summed E-state index contributed by atoms with van der Waals surface area (Å²) in [5.74, 6) is 0.743. The lowest BCUT2D eigenvalue weighted by Gasteiger charge is -2.41. The maximum Gasteiger partial charge on any atom is 0.0492 e. The Balaban J connectivity index is 1.86. The molecule has 0 spiro atoms. The molecule has 1 atom stereocenters. The van der Waals surface area contributed by atoms with Gasteiger partial charge in [0.1, 0.15) is 0 Å². The second-order valence-electron chi connectivity index (χ2n) is 6.20. The van der Waals surface area contributed by atoms with Gasteiger partial charge in [-0.15, -0.1) is 0 Å². The van der Waals surface area contributed by atoms with Gasteiger partial charge < -0.3 is 5.11 Å². The van der Waals surface area contributed by atoms with Gasteiger partial charge in [-0.2, -0.15) is 5.10 Å². The molecule has 1 fully saturated rings. The molecule has 1 aromatic heterocycles. The van der Waals surface area contributed by atoms with Crippen LogP contribution in [0.15, 0.2) is 12.3 Å². The molecule has 1 aliphatic rings. The number of hydrogen-bond acceptors (Lipinski definition) is 4. The number of nitrogens with zero attached hydrogens (tertiary/aromatic N) is 3. The van der Waals surface area contributed by atoms with E-state index in [1.807, 2.05) is 6.07 Å². The predicted molar refractivity (Wildman–Crippen MR) is 80.4 cm³/mol. The first-order chi connectivity index (χ1) is 9.69. The summed E-state index contributed by atoms with van der Waals surface area (Å²) in [6.07, 6.45) is 3.92. The molecule has 114 valence electrons. The van der Waals surface area contributed by atoms with Crippen LogP contribution in [0.2, 0.25) is 0 Å². The molecule has 2 rings (SSSR count). The average molecular weight is 280 g/mol. The fraction of sp³-hybridized carbons (Fsp3) is 0.800. The van der Waals surface area contributed by atoms with E-state index in [0.717, 1.165) is 45.1 Å². The van der Waals surface area contributed by atoms with Crippen molar-refractivity contribution in [3.8, 4) is 0 Å². The Morgan fingerprint density at radius 3 is 2.95 bits per heavy atom. The van der Waals surface area contributed by atoms with Crippen LogP contribution in [0, 0.1) is 5.92 Å². The van der Waals surface area contributed by atoms with Gasteiger partial charge in [-0.3, -0.25) is 14.9 Å². The van der Waals surface area contributed by atoms with E-state index in [4.69, 9.17) is 0 Å². The Bertz CT molecular complexity index is 366. The highest BCUT2D eigenvalue weighted by atomic mass is 16.3. The first kappa shape index (κ1) is 15.5. The highest BCUT2D eigenvalue weighted by molar-refractivity contribution is 4.98. The molecule has 1 aromatic rings. The monoisotopic (exact) mass is 280 g/mol. The van der Waals surface area contributed by atoms with Crippen molar-refractivity contribution >= 4 is 0 Å². The number of rotatable bonds is 7. The molecule has 0 aliphatic carbocycles. The van der Waals surface area contributed by atoms with Crippen molar-refractivity contribution in [3.05, 3.63) is 18.0 Å². The van der Waals surface area contributed by atoms with Crippen LogP contribution in [-0.4, -0.2) is 63.9 Å². The maximum absolute atomic E-state index is 9.30. The zero-order valence-corrected chi connectivity index (χ0v) is 12.8. The Kier molecular flexibility index (Phi) is 6.01. The van der Waals surface area contributed by atoms with Gasteiger partial charge in [0.05, 0.1) is 0 Å². The van der Waals surface area contributed by atoms with Gasteiger partial charge in [-0.05, 0) is 31.4 Å². The van der Waals surface area contributed by atoms with Crippen LogP contribution in [0.4, 0.5) is 0 Å². The number of piperazine rings is 1. The van der Waals surface area contributed by atoms with Gasteiger partial charge in [-0.25, -0.2) is 0 Å². The Hall–Kier alpha value is -0.910. The number of hydrogen-bond donors (Lipinski definition) is 2. The van der Waals surface area contributed by atoms with Crippen LogP contribution < -0.4 is 0 Å². The van der Waals surface area contributed by atoms with Gasteiger partial charge >= 0.3 is 0 Å². The lowest BCUT2D eigenvalue weighted by molar-refractivity contribution is 0.0518. The van der Waals surface area contributed by atoms with Crippen molar-refractivity contribution in [2.75, 3.05) is 32.8 Å². The molecule has 2 heterocycles. The highest BCUT2D eigenvalue weighted by Gasteiger charge is 2.26. The Morgan fingerprint density at radius 2 is 2.30 bits per heavy atom. The van der Waals surface area contributed by atoms with Gasteiger partial charge in [0, 0.05) is 50.7 Å². The van der Waals surface area contributed by atoms with Gasteiger partial charge in [0.25, 0.3) is 0 Å².